The number of benzene rings is 2. The average molecular weight is 269 g/mol. The highest BCUT2D eigenvalue weighted by Gasteiger charge is 2.10. The van der Waals surface area contributed by atoms with Crippen molar-refractivity contribution in [3.8, 4) is 0 Å². The molecule has 1 heterocycles. The van der Waals surface area contributed by atoms with Crippen molar-refractivity contribution in [2.75, 3.05) is 0 Å². The van der Waals surface area contributed by atoms with Crippen molar-refractivity contribution in [3.05, 3.63) is 71.7 Å². The van der Waals surface area contributed by atoms with Crippen LogP contribution in [0.15, 0.2) is 54.7 Å². The van der Waals surface area contributed by atoms with Gasteiger partial charge in [-0.1, -0.05) is 24.3 Å². The maximum atomic E-state index is 13.7. The summed E-state index contributed by atoms with van der Waals surface area (Å²) in [6, 6.07) is 14.1. The maximum Gasteiger partial charge on any atom is 0.338 e. The first-order valence-electron chi connectivity index (χ1n) is 6.21. The van der Waals surface area contributed by atoms with Crippen molar-refractivity contribution in [1.82, 2.24) is 4.57 Å². The van der Waals surface area contributed by atoms with Gasteiger partial charge < -0.3 is 9.67 Å². The van der Waals surface area contributed by atoms with E-state index in [1.54, 1.807) is 6.07 Å². The van der Waals surface area contributed by atoms with Crippen LogP contribution in [0.25, 0.3) is 10.9 Å². The van der Waals surface area contributed by atoms with Crippen molar-refractivity contribution in [1.29, 1.82) is 0 Å². The van der Waals surface area contributed by atoms with E-state index in [-0.39, 0.29) is 5.56 Å². The Kier molecular flexibility index (Phi) is 2.99. The van der Waals surface area contributed by atoms with Gasteiger partial charge in [0, 0.05) is 18.3 Å². The second-order valence-corrected chi connectivity index (χ2v) is 4.62. The van der Waals surface area contributed by atoms with Crippen molar-refractivity contribution >= 4 is 16.9 Å². The lowest BCUT2D eigenvalue weighted by atomic mass is 10.1. The summed E-state index contributed by atoms with van der Waals surface area (Å²) in [6.07, 6.45) is 1.94. The molecule has 2 aromatic carbocycles. The molecule has 1 N–H and O–H groups in total. The molecule has 0 bridgehead atoms. The highest BCUT2D eigenvalue weighted by Crippen LogP contribution is 2.18. The number of carbonyl (C=O) groups is 1. The molecule has 0 aliphatic carbocycles. The number of fused-ring (bicyclic) bond motifs is 1. The lowest BCUT2D eigenvalue weighted by Gasteiger charge is -2.07. The van der Waals surface area contributed by atoms with Gasteiger partial charge in [-0.05, 0) is 35.2 Å². The highest BCUT2D eigenvalue weighted by molar-refractivity contribution is 5.88. The number of hydrogen-bond acceptors (Lipinski definition) is 1. The predicted octanol–water partition coefficient (Wildman–Crippen LogP) is 3.53. The molecule has 0 unspecified atom stereocenters. The van der Waals surface area contributed by atoms with Gasteiger partial charge >= 0.3 is 5.97 Å². The van der Waals surface area contributed by atoms with E-state index < -0.39 is 11.8 Å². The summed E-state index contributed by atoms with van der Waals surface area (Å²) in [6.45, 7) is 0.504. The molecule has 0 saturated carbocycles. The van der Waals surface area contributed by atoms with Crippen LogP contribution in [-0.2, 0) is 6.54 Å². The van der Waals surface area contributed by atoms with Crippen LogP contribution >= 0.6 is 0 Å². The smallest absolute Gasteiger partial charge is 0.338 e. The zero-order chi connectivity index (χ0) is 14.1. The van der Waals surface area contributed by atoms with Crippen LogP contribution in [0.4, 0.5) is 4.39 Å². The molecule has 3 rings (SSSR count). The minimum Gasteiger partial charge on any atom is -0.478 e. The fourth-order valence-electron chi connectivity index (χ4n) is 2.31. The Bertz CT molecular complexity index is 792. The minimum atomic E-state index is -1.25. The fourth-order valence-corrected chi connectivity index (χ4v) is 2.31. The SMILES string of the molecule is O=C(O)c1ccc(Cn2ccc3ccccc32)cc1F. The van der Waals surface area contributed by atoms with Gasteiger partial charge in [-0.15, -0.1) is 0 Å². The van der Waals surface area contributed by atoms with Gasteiger partial charge in [-0.2, -0.15) is 0 Å². The van der Waals surface area contributed by atoms with Gasteiger partial charge in [0.2, 0.25) is 0 Å². The van der Waals surface area contributed by atoms with E-state index >= 15 is 0 Å². The summed E-state index contributed by atoms with van der Waals surface area (Å²) in [7, 11) is 0. The van der Waals surface area contributed by atoms with Crippen LogP contribution in [0.3, 0.4) is 0 Å². The summed E-state index contributed by atoms with van der Waals surface area (Å²) in [4.78, 5) is 10.8. The monoisotopic (exact) mass is 269 g/mol. The summed E-state index contributed by atoms with van der Waals surface area (Å²) in [5, 5.41) is 9.93. The molecule has 0 fully saturated rings. The van der Waals surface area contributed by atoms with Crippen molar-refractivity contribution in [2.24, 2.45) is 0 Å². The number of carboxylic acids is 1. The van der Waals surface area contributed by atoms with Crippen LogP contribution in [0.1, 0.15) is 15.9 Å². The number of halogens is 1. The standard InChI is InChI=1S/C16H12FNO2/c17-14-9-11(5-6-13(14)16(19)20)10-18-8-7-12-3-1-2-4-15(12)18/h1-9H,10H2,(H,19,20). The van der Waals surface area contributed by atoms with Crippen molar-refractivity contribution in [3.63, 3.8) is 0 Å². The van der Waals surface area contributed by atoms with Gasteiger partial charge in [0.1, 0.15) is 5.82 Å². The number of aromatic nitrogens is 1. The zero-order valence-corrected chi connectivity index (χ0v) is 10.6. The van der Waals surface area contributed by atoms with Gasteiger partial charge in [0.15, 0.2) is 0 Å². The zero-order valence-electron chi connectivity index (χ0n) is 10.6. The molecule has 0 atom stereocenters. The van der Waals surface area contributed by atoms with E-state index in [1.807, 2.05) is 41.1 Å². The predicted molar refractivity (Wildman–Crippen MR) is 74.4 cm³/mol. The molecule has 3 nitrogen and oxygen atoms in total. The first kappa shape index (κ1) is 12.4. The Hall–Kier alpha value is -2.62. The van der Waals surface area contributed by atoms with E-state index in [0.29, 0.717) is 6.54 Å². The number of rotatable bonds is 3. The molecule has 0 amide bonds. The Morgan fingerprint density at radius 1 is 1.15 bits per heavy atom. The Morgan fingerprint density at radius 3 is 2.70 bits per heavy atom. The first-order valence-corrected chi connectivity index (χ1v) is 6.21. The van der Waals surface area contributed by atoms with Gasteiger partial charge in [-0.25, -0.2) is 9.18 Å². The van der Waals surface area contributed by atoms with Gasteiger partial charge in [0.05, 0.1) is 5.56 Å². The molecule has 1 aromatic heterocycles. The molecular formula is C16H12FNO2. The maximum absolute atomic E-state index is 13.7. The van der Waals surface area contributed by atoms with E-state index in [4.69, 9.17) is 5.11 Å². The molecule has 0 spiro atoms. The summed E-state index contributed by atoms with van der Waals surface area (Å²) < 4.78 is 15.7. The lowest BCUT2D eigenvalue weighted by molar-refractivity contribution is 0.0692. The molecule has 0 saturated heterocycles. The van der Waals surface area contributed by atoms with Gasteiger partial charge in [0.25, 0.3) is 0 Å². The normalized spacial score (nSPS) is 10.8. The molecule has 4 heteroatoms. The molecule has 0 aliphatic heterocycles. The third-order valence-corrected chi connectivity index (χ3v) is 3.30. The summed E-state index contributed by atoms with van der Waals surface area (Å²) in [5.41, 5.74) is 1.50. The first-order chi connectivity index (χ1) is 9.65. The molecule has 100 valence electrons. The third-order valence-electron chi connectivity index (χ3n) is 3.30. The second kappa shape index (κ2) is 4.81. The van der Waals surface area contributed by atoms with Crippen molar-refractivity contribution in [2.45, 2.75) is 6.54 Å². The van der Waals surface area contributed by atoms with E-state index in [0.717, 1.165) is 16.5 Å². The number of hydrogen-bond donors (Lipinski definition) is 1. The van der Waals surface area contributed by atoms with E-state index in [9.17, 15) is 9.18 Å². The number of nitrogens with zero attached hydrogens (tertiary/aromatic N) is 1. The van der Waals surface area contributed by atoms with Crippen molar-refractivity contribution < 1.29 is 14.3 Å². The van der Waals surface area contributed by atoms with Crippen LogP contribution in [-0.4, -0.2) is 15.6 Å². The number of aromatic carboxylic acids is 1. The third kappa shape index (κ3) is 2.16. The Labute approximate surface area is 114 Å². The van der Waals surface area contributed by atoms with Crippen LogP contribution in [0.2, 0.25) is 0 Å². The molecule has 0 aliphatic rings. The molecular weight excluding hydrogens is 257 g/mol. The van der Waals surface area contributed by atoms with E-state index in [1.165, 1.54) is 12.1 Å². The second-order valence-electron chi connectivity index (χ2n) is 4.62. The lowest BCUT2D eigenvalue weighted by Crippen LogP contribution is -2.03. The highest BCUT2D eigenvalue weighted by atomic mass is 19.1. The molecule has 0 radical (unpaired) electrons. The largest absolute Gasteiger partial charge is 0.478 e. The van der Waals surface area contributed by atoms with E-state index in [2.05, 4.69) is 0 Å². The minimum absolute atomic E-state index is 0.300. The van der Waals surface area contributed by atoms with Crippen LogP contribution < -0.4 is 0 Å². The number of para-hydroxylation sites is 1. The number of carboxylic acid groups (broad SMARTS) is 1. The quantitative estimate of drug-likeness (QED) is 0.790. The Morgan fingerprint density at radius 2 is 1.95 bits per heavy atom. The van der Waals surface area contributed by atoms with Crippen LogP contribution in [0.5, 0.6) is 0 Å². The fraction of sp³-hybridized carbons (Fsp3) is 0.0625. The topological polar surface area (TPSA) is 42.2 Å². The van der Waals surface area contributed by atoms with Gasteiger partial charge in [-0.3, -0.25) is 0 Å². The Balaban J connectivity index is 1.95. The molecule has 20 heavy (non-hydrogen) atoms. The summed E-state index contributed by atoms with van der Waals surface area (Å²) in [5.74, 6) is -1.95. The average Bonchev–Trinajstić information content (AvgIpc) is 2.82. The van der Waals surface area contributed by atoms with Crippen LogP contribution in [0, 0.1) is 5.82 Å². The molecule has 3 aromatic rings. The summed E-state index contributed by atoms with van der Waals surface area (Å²) >= 11 is 0.